The molecule has 0 aliphatic heterocycles. The van der Waals surface area contributed by atoms with Gasteiger partial charge in [0.15, 0.2) is 0 Å². The van der Waals surface area contributed by atoms with E-state index in [0.29, 0.717) is 5.25 Å². The fourth-order valence-corrected chi connectivity index (χ4v) is 3.62. The normalized spacial score (nSPS) is 29.8. The van der Waals surface area contributed by atoms with Gasteiger partial charge in [-0.3, -0.25) is 4.68 Å². The molecule has 0 spiro atoms. The van der Waals surface area contributed by atoms with Gasteiger partial charge in [-0.1, -0.05) is 0 Å². The van der Waals surface area contributed by atoms with Gasteiger partial charge in [0.1, 0.15) is 0 Å². The van der Waals surface area contributed by atoms with Crippen molar-refractivity contribution in [1.82, 2.24) is 15.1 Å². The van der Waals surface area contributed by atoms with Crippen LogP contribution in [0.1, 0.15) is 19.3 Å². The summed E-state index contributed by atoms with van der Waals surface area (Å²) in [5, 5.41) is 17.4. The zero-order chi connectivity index (χ0) is 11.6. The minimum absolute atomic E-state index is 0.0557. The molecule has 1 aliphatic carbocycles. The van der Waals surface area contributed by atoms with E-state index in [-0.39, 0.29) is 12.1 Å². The summed E-state index contributed by atoms with van der Waals surface area (Å²) in [6, 6.07) is 0. The van der Waals surface area contributed by atoms with Crippen LogP contribution in [0.4, 0.5) is 0 Å². The summed E-state index contributed by atoms with van der Waals surface area (Å²) >= 11 is 1.87. The monoisotopic (exact) mass is 241 g/mol. The van der Waals surface area contributed by atoms with E-state index in [9.17, 15) is 5.11 Å². The van der Waals surface area contributed by atoms with Crippen molar-refractivity contribution in [3.63, 3.8) is 0 Å². The maximum atomic E-state index is 9.42. The molecule has 4 nitrogen and oxygen atoms in total. The highest BCUT2D eigenvalue weighted by molar-refractivity contribution is 8.00. The SMILES string of the molecule is CNC1(CO)CCC(Sc2cnn(C)c2)C1. The largest absolute Gasteiger partial charge is 0.394 e. The predicted octanol–water partition coefficient (Wildman–Crippen LogP) is 1.02. The van der Waals surface area contributed by atoms with Gasteiger partial charge in [0.2, 0.25) is 0 Å². The standard InChI is InChI=1S/C11H19N3OS/c1-12-11(8-15)4-3-9(5-11)16-10-6-13-14(2)7-10/h6-7,9,12,15H,3-5,8H2,1-2H3. The third-order valence-corrected chi connectivity index (χ3v) is 4.60. The molecule has 16 heavy (non-hydrogen) atoms. The van der Waals surface area contributed by atoms with E-state index >= 15 is 0 Å². The van der Waals surface area contributed by atoms with E-state index in [0.717, 1.165) is 19.3 Å². The van der Waals surface area contributed by atoms with Gasteiger partial charge in [0.25, 0.3) is 0 Å². The second kappa shape index (κ2) is 4.77. The number of nitrogens with zero attached hydrogens (tertiary/aromatic N) is 2. The molecule has 0 amide bonds. The minimum Gasteiger partial charge on any atom is -0.394 e. The Morgan fingerprint density at radius 1 is 1.75 bits per heavy atom. The number of thioether (sulfide) groups is 1. The molecule has 1 fully saturated rings. The summed E-state index contributed by atoms with van der Waals surface area (Å²) < 4.78 is 1.83. The predicted molar refractivity (Wildman–Crippen MR) is 65.6 cm³/mol. The topological polar surface area (TPSA) is 50.1 Å². The number of nitrogens with one attached hydrogen (secondary N) is 1. The smallest absolute Gasteiger partial charge is 0.0625 e. The van der Waals surface area contributed by atoms with Gasteiger partial charge in [-0.15, -0.1) is 11.8 Å². The number of rotatable bonds is 4. The maximum absolute atomic E-state index is 9.42. The van der Waals surface area contributed by atoms with Crippen molar-refractivity contribution in [2.45, 2.75) is 34.9 Å². The molecule has 2 unspecified atom stereocenters. The van der Waals surface area contributed by atoms with Crippen LogP contribution in [0.15, 0.2) is 17.3 Å². The fourth-order valence-electron chi connectivity index (χ4n) is 2.28. The van der Waals surface area contributed by atoms with Gasteiger partial charge in [0.05, 0.1) is 12.8 Å². The molecule has 2 rings (SSSR count). The highest BCUT2D eigenvalue weighted by atomic mass is 32.2. The number of hydrogen-bond acceptors (Lipinski definition) is 4. The van der Waals surface area contributed by atoms with Crippen molar-refractivity contribution in [3.8, 4) is 0 Å². The summed E-state index contributed by atoms with van der Waals surface area (Å²) in [6.45, 7) is 0.230. The van der Waals surface area contributed by atoms with Crippen molar-refractivity contribution in [1.29, 1.82) is 0 Å². The van der Waals surface area contributed by atoms with Crippen LogP contribution in [0, 0.1) is 0 Å². The second-order valence-corrected chi connectivity index (χ2v) is 5.89. The lowest BCUT2D eigenvalue weighted by atomic mass is 10.00. The summed E-state index contributed by atoms with van der Waals surface area (Å²) in [6.07, 6.45) is 7.18. The number of aliphatic hydroxyl groups excluding tert-OH is 1. The van der Waals surface area contributed by atoms with Crippen molar-refractivity contribution in [3.05, 3.63) is 12.4 Å². The van der Waals surface area contributed by atoms with Crippen LogP contribution in [-0.4, -0.2) is 39.3 Å². The minimum atomic E-state index is -0.0557. The average molecular weight is 241 g/mol. The van der Waals surface area contributed by atoms with Crippen LogP contribution in [0.3, 0.4) is 0 Å². The molecule has 1 aromatic heterocycles. The Labute approximate surface area is 100 Å². The number of aryl methyl sites for hydroxylation is 1. The van der Waals surface area contributed by atoms with Crippen molar-refractivity contribution in [2.75, 3.05) is 13.7 Å². The molecule has 1 heterocycles. The lowest BCUT2D eigenvalue weighted by molar-refractivity contribution is 0.173. The molecule has 1 aliphatic rings. The van der Waals surface area contributed by atoms with Gasteiger partial charge in [-0.05, 0) is 26.3 Å². The van der Waals surface area contributed by atoms with E-state index in [1.165, 1.54) is 4.90 Å². The summed E-state index contributed by atoms with van der Waals surface area (Å²) in [5.41, 5.74) is -0.0557. The Bertz CT molecular complexity index is 349. The Kier molecular flexibility index (Phi) is 3.56. The summed E-state index contributed by atoms with van der Waals surface area (Å²) in [7, 11) is 3.87. The molecular weight excluding hydrogens is 222 g/mol. The van der Waals surface area contributed by atoms with Crippen molar-refractivity contribution in [2.24, 2.45) is 7.05 Å². The molecule has 0 saturated heterocycles. The number of likely N-dealkylation sites (N-methyl/N-ethyl adjacent to an activating group) is 1. The number of aliphatic hydroxyl groups is 1. The Morgan fingerprint density at radius 2 is 2.56 bits per heavy atom. The lowest BCUT2D eigenvalue weighted by Gasteiger charge is -2.26. The van der Waals surface area contributed by atoms with Gasteiger partial charge < -0.3 is 10.4 Å². The van der Waals surface area contributed by atoms with Crippen LogP contribution in [0.2, 0.25) is 0 Å². The molecule has 5 heteroatoms. The van der Waals surface area contributed by atoms with Gasteiger partial charge in [-0.25, -0.2) is 0 Å². The molecule has 90 valence electrons. The number of aromatic nitrogens is 2. The molecule has 0 aromatic carbocycles. The zero-order valence-electron chi connectivity index (χ0n) is 9.81. The quantitative estimate of drug-likeness (QED) is 0.826. The van der Waals surface area contributed by atoms with Gasteiger partial charge in [0, 0.05) is 28.9 Å². The van der Waals surface area contributed by atoms with E-state index in [1.807, 2.05) is 42.9 Å². The summed E-state index contributed by atoms with van der Waals surface area (Å²) in [5.74, 6) is 0. The van der Waals surface area contributed by atoms with Gasteiger partial charge in [-0.2, -0.15) is 5.10 Å². The van der Waals surface area contributed by atoms with Crippen LogP contribution in [-0.2, 0) is 7.05 Å². The molecular formula is C11H19N3OS. The third-order valence-electron chi connectivity index (χ3n) is 3.38. The second-order valence-electron chi connectivity index (χ2n) is 4.52. The molecule has 1 aromatic rings. The lowest BCUT2D eigenvalue weighted by Crippen LogP contribution is -2.44. The first-order chi connectivity index (χ1) is 7.67. The Balaban J connectivity index is 1.94. The fraction of sp³-hybridized carbons (Fsp3) is 0.727. The maximum Gasteiger partial charge on any atom is 0.0625 e. The first-order valence-electron chi connectivity index (χ1n) is 5.62. The van der Waals surface area contributed by atoms with Crippen molar-refractivity contribution < 1.29 is 5.11 Å². The zero-order valence-corrected chi connectivity index (χ0v) is 10.6. The Hall–Kier alpha value is -0.520. The first-order valence-corrected chi connectivity index (χ1v) is 6.50. The van der Waals surface area contributed by atoms with E-state index < -0.39 is 0 Å². The molecule has 0 radical (unpaired) electrons. The third kappa shape index (κ3) is 2.42. The van der Waals surface area contributed by atoms with Crippen LogP contribution < -0.4 is 5.32 Å². The van der Waals surface area contributed by atoms with Crippen LogP contribution >= 0.6 is 11.8 Å². The van der Waals surface area contributed by atoms with E-state index in [4.69, 9.17) is 0 Å². The number of hydrogen-bond donors (Lipinski definition) is 2. The van der Waals surface area contributed by atoms with Crippen LogP contribution in [0.5, 0.6) is 0 Å². The van der Waals surface area contributed by atoms with E-state index in [1.54, 1.807) is 0 Å². The highest BCUT2D eigenvalue weighted by Crippen LogP contribution is 2.39. The summed E-state index contributed by atoms with van der Waals surface area (Å²) in [4.78, 5) is 1.22. The van der Waals surface area contributed by atoms with E-state index in [2.05, 4.69) is 10.4 Å². The average Bonchev–Trinajstić information content (AvgIpc) is 2.87. The van der Waals surface area contributed by atoms with Crippen LogP contribution in [0.25, 0.3) is 0 Å². The molecule has 2 atom stereocenters. The molecule has 0 bridgehead atoms. The molecule has 2 N–H and O–H groups in total. The first kappa shape index (κ1) is 12.0. The van der Waals surface area contributed by atoms with Gasteiger partial charge >= 0.3 is 0 Å². The highest BCUT2D eigenvalue weighted by Gasteiger charge is 2.37. The molecule has 1 saturated carbocycles. The van der Waals surface area contributed by atoms with Crippen molar-refractivity contribution >= 4 is 11.8 Å². The Morgan fingerprint density at radius 3 is 3.06 bits per heavy atom.